The zero-order valence-corrected chi connectivity index (χ0v) is 9.92. The van der Waals surface area contributed by atoms with E-state index in [9.17, 15) is 0 Å². The van der Waals surface area contributed by atoms with Crippen LogP contribution in [0.2, 0.25) is 0 Å². The van der Waals surface area contributed by atoms with Gasteiger partial charge in [-0.2, -0.15) is 0 Å². The Labute approximate surface area is 98.6 Å². The van der Waals surface area contributed by atoms with Crippen molar-refractivity contribution in [1.29, 1.82) is 0 Å². The molecule has 3 N–H and O–H groups in total. The summed E-state index contributed by atoms with van der Waals surface area (Å²) in [7, 11) is 0. The molecule has 0 unspecified atom stereocenters. The van der Waals surface area contributed by atoms with Crippen LogP contribution in [0, 0.1) is 6.92 Å². The summed E-state index contributed by atoms with van der Waals surface area (Å²) in [5.41, 5.74) is 7.53. The van der Waals surface area contributed by atoms with Gasteiger partial charge in [0.15, 0.2) is 0 Å². The molecule has 0 saturated heterocycles. The monoisotopic (exact) mass is 234 g/mol. The summed E-state index contributed by atoms with van der Waals surface area (Å²) in [5.74, 6) is 0.746. The zero-order valence-electron chi connectivity index (χ0n) is 9.10. The van der Waals surface area contributed by atoms with E-state index in [1.807, 2.05) is 19.1 Å². The van der Waals surface area contributed by atoms with E-state index in [1.165, 1.54) is 0 Å². The third kappa shape index (κ3) is 2.70. The maximum absolute atomic E-state index is 5.77. The second-order valence-electron chi connectivity index (χ2n) is 3.50. The molecule has 0 amide bonds. The summed E-state index contributed by atoms with van der Waals surface area (Å²) in [4.78, 5) is 8.55. The van der Waals surface area contributed by atoms with E-state index in [2.05, 4.69) is 20.7 Å². The lowest BCUT2D eigenvalue weighted by Gasteiger charge is -2.06. The van der Waals surface area contributed by atoms with E-state index >= 15 is 0 Å². The van der Waals surface area contributed by atoms with Crippen LogP contribution in [0.25, 0.3) is 0 Å². The number of anilines is 2. The van der Waals surface area contributed by atoms with Gasteiger partial charge in [0.1, 0.15) is 5.82 Å². The quantitative estimate of drug-likeness (QED) is 0.850. The van der Waals surface area contributed by atoms with Crippen LogP contribution >= 0.6 is 11.3 Å². The van der Waals surface area contributed by atoms with Gasteiger partial charge in [0.25, 0.3) is 0 Å². The molecule has 0 spiro atoms. The van der Waals surface area contributed by atoms with Gasteiger partial charge in [0.2, 0.25) is 0 Å². The van der Waals surface area contributed by atoms with Crippen molar-refractivity contribution in [1.82, 2.24) is 9.97 Å². The highest BCUT2D eigenvalue weighted by molar-refractivity contribution is 7.09. The highest BCUT2D eigenvalue weighted by Crippen LogP contribution is 2.14. The molecular weight excluding hydrogens is 220 g/mol. The molecule has 5 heteroatoms. The number of nitrogens with one attached hydrogen (secondary N) is 1. The van der Waals surface area contributed by atoms with Crippen LogP contribution in [0.15, 0.2) is 23.7 Å². The molecule has 2 aromatic heterocycles. The molecule has 0 atom stereocenters. The summed E-state index contributed by atoms with van der Waals surface area (Å²) >= 11 is 1.69. The molecule has 0 saturated carbocycles. The number of nitrogens with two attached hydrogens (primary N) is 1. The van der Waals surface area contributed by atoms with Crippen molar-refractivity contribution in [3.63, 3.8) is 0 Å². The van der Waals surface area contributed by atoms with E-state index in [4.69, 9.17) is 5.73 Å². The summed E-state index contributed by atoms with van der Waals surface area (Å²) in [6.07, 6.45) is 2.63. The Hall–Kier alpha value is -1.62. The summed E-state index contributed by atoms with van der Waals surface area (Å²) in [5, 5.41) is 6.40. The lowest BCUT2D eigenvalue weighted by atomic mass is 10.3. The van der Waals surface area contributed by atoms with Gasteiger partial charge < -0.3 is 11.1 Å². The van der Waals surface area contributed by atoms with Crippen molar-refractivity contribution in [2.45, 2.75) is 13.3 Å². The van der Waals surface area contributed by atoms with Gasteiger partial charge in [-0.25, -0.2) is 9.97 Å². The summed E-state index contributed by atoms with van der Waals surface area (Å²) in [6, 6.07) is 3.66. The van der Waals surface area contributed by atoms with E-state index in [-0.39, 0.29) is 0 Å². The van der Waals surface area contributed by atoms with Gasteiger partial charge in [0.05, 0.1) is 10.7 Å². The molecule has 2 aromatic rings. The molecule has 2 heterocycles. The molecule has 2 rings (SSSR count). The first-order valence-electron chi connectivity index (χ1n) is 5.11. The molecule has 4 nitrogen and oxygen atoms in total. The molecule has 84 valence electrons. The Morgan fingerprint density at radius 3 is 3.06 bits per heavy atom. The van der Waals surface area contributed by atoms with Crippen molar-refractivity contribution >= 4 is 22.8 Å². The normalized spacial score (nSPS) is 10.3. The molecular formula is C11H14N4S. The Kier molecular flexibility index (Phi) is 3.36. The van der Waals surface area contributed by atoms with Crippen LogP contribution in [0.3, 0.4) is 0 Å². The van der Waals surface area contributed by atoms with Gasteiger partial charge in [0, 0.05) is 30.2 Å². The minimum absolute atomic E-state index is 0.679. The number of nitrogens with zero attached hydrogens (tertiary/aromatic N) is 2. The summed E-state index contributed by atoms with van der Waals surface area (Å²) in [6.45, 7) is 2.80. The average Bonchev–Trinajstić information content (AvgIpc) is 2.67. The molecule has 0 aliphatic rings. The van der Waals surface area contributed by atoms with Gasteiger partial charge in [-0.3, -0.25) is 0 Å². The number of hydrogen-bond donors (Lipinski definition) is 2. The van der Waals surface area contributed by atoms with Gasteiger partial charge >= 0.3 is 0 Å². The number of hydrogen-bond acceptors (Lipinski definition) is 5. The van der Waals surface area contributed by atoms with Crippen molar-refractivity contribution in [3.05, 3.63) is 34.4 Å². The van der Waals surface area contributed by atoms with Crippen molar-refractivity contribution in [2.24, 2.45) is 0 Å². The van der Waals surface area contributed by atoms with Crippen molar-refractivity contribution in [3.8, 4) is 0 Å². The second kappa shape index (κ2) is 4.94. The fraction of sp³-hybridized carbons (Fsp3) is 0.273. The van der Waals surface area contributed by atoms with Crippen LogP contribution in [-0.2, 0) is 6.42 Å². The highest BCUT2D eigenvalue weighted by Gasteiger charge is 2.00. The number of aryl methyl sites for hydroxylation is 1. The molecule has 0 aliphatic carbocycles. The van der Waals surface area contributed by atoms with E-state index in [1.54, 1.807) is 17.5 Å². The third-order valence-electron chi connectivity index (χ3n) is 2.14. The Morgan fingerprint density at radius 2 is 2.38 bits per heavy atom. The first-order chi connectivity index (χ1) is 7.75. The van der Waals surface area contributed by atoms with Gasteiger partial charge in [-0.05, 0) is 19.1 Å². The average molecular weight is 234 g/mol. The van der Waals surface area contributed by atoms with Gasteiger partial charge in [-0.15, -0.1) is 11.3 Å². The molecule has 0 aliphatic heterocycles. The van der Waals surface area contributed by atoms with Crippen molar-refractivity contribution in [2.75, 3.05) is 17.6 Å². The van der Waals surface area contributed by atoms with Crippen LogP contribution in [0.1, 0.15) is 10.7 Å². The predicted molar refractivity (Wildman–Crippen MR) is 67.7 cm³/mol. The fourth-order valence-electron chi connectivity index (χ4n) is 1.37. The number of rotatable bonds is 4. The molecule has 0 bridgehead atoms. The second-order valence-corrected chi connectivity index (χ2v) is 4.44. The molecule has 0 aromatic carbocycles. The Morgan fingerprint density at radius 1 is 1.50 bits per heavy atom. The van der Waals surface area contributed by atoms with E-state index in [0.717, 1.165) is 29.5 Å². The smallest absolute Gasteiger partial charge is 0.149 e. The topological polar surface area (TPSA) is 63.8 Å². The lowest BCUT2D eigenvalue weighted by Crippen LogP contribution is -2.08. The first kappa shape index (κ1) is 10.9. The van der Waals surface area contributed by atoms with Crippen LogP contribution < -0.4 is 11.1 Å². The third-order valence-corrected chi connectivity index (χ3v) is 3.16. The van der Waals surface area contributed by atoms with Crippen LogP contribution in [-0.4, -0.2) is 16.5 Å². The number of nitrogen functional groups attached to an aromatic ring is 1. The minimum Gasteiger partial charge on any atom is -0.396 e. The summed E-state index contributed by atoms with van der Waals surface area (Å²) < 4.78 is 0. The predicted octanol–water partition coefficient (Wildman–Crippen LogP) is 2.08. The van der Waals surface area contributed by atoms with Crippen LogP contribution in [0.4, 0.5) is 11.5 Å². The minimum atomic E-state index is 0.679. The Bertz CT molecular complexity index is 467. The van der Waals surface area contributed by atoms with E-state index in [0.29, 0.717) is 5.69 Å². The zero-order chi connectivity index (χ0) is 11.4. The Balaban J connectivity index is 1.87. The SMILES string of the molecule is Cc1csc(CCNc2ncccc2N)n1. The molecule has 0 fully saturated rings. The maximum atomic E-state index is 5.77. The first-order valence-corrected chi connectivity index (χ1v) is 5.99. The number of pyridine rings is 1. The van der Waals surface area contributed by atoms with Crippen molar-refractivity contribution < 1.29 is 0 Å². The maximum Gasteiger partial charge on any atom is 0.149 e. The molecule has 16 heavy (non-hydrogen) atoms. The lowest BCUT2D eigenvalue weighted by molar-refractivity contribution is 0.978. The van der Waals surface area contributed by atoms with Crippen LogP contribution in [0.5, 0.6) is 0 Å². The van der Waals surface area contributed by atoms with E-state index < -0.39 is 0 Å². The highest BCUT2D eigenvalue weighted by atomic mass is 32.1. The fourth-order valence-corrected chi connectivity index (χ4v) is 2.15. The standard InChI is InChI=1S/C11H14N4S/c1-8-7-16-10(15-8)4-6-14-11-9(12)3-2-5-13-11/h2-3,5,7H,4,6,12H2,1H3,(H,13,14). The number of thiazole rings is 1. The van der Waals surface area contributed by atoms with Gasteiger partial charge in [-0.1, -0.05) is 0 Å². The number of aromatic nitrogens is 2. The largest absolute Gasteiger partial charge is 0.396 e. The molecule has 0 radical (unpaired) electrons.